The average Bonchev–Trinajstić information content (AvgIpc) is 2.55. The van der Waals surface area contributed by atoms with E-state index in [0.29, 0.717) is 5.56 Å². The smallest absolute Gasteiger partial charge is 0.253 e. The fourth-order valence-electron chi connectivity index (χ4n) is 3.13. The molecule has 5 heteroatoms. The van der Waals surface area contributed by atoms with Crippen LogP contribution in [0, 0.1) is 6.92 Å². The number of aromatic nitrogens is 1. The van der Waals surface area contributed by atoms with Crippen LogP contribution in [0.25, 0.3) is 10.9 Å². The molecule has 3 N–H and O–H groups in total. The zero-order valence-corrected chi connectivity index (χ0v) is 13.6. The summed E-state index contributed by atoms with van der Waals surface area (Å²) in [5.74, 6) is 0.716. The van der Waals surface area contributed by atoms with Crippen molar-refractivity contribution in [1.82, 2.24) is 10.3 Å². The van der Waals surface area contributed by atoms with Crippen LogP contribution in [0.3, 0.4) is 0 Å². The molecule has 23 heavy (non-hydrogen) atoms. The molecular formula is C18H23N3O2. The predicted molar refractivity (Wildman–Crippen MR) is 90.7 cm³/mol. The van der Waals surface area contributed by atoms with Gasteiger partial charge in [-0.1, -0.05) is 0 Å². The third-order valence-corrected chi connectivity index (χ3v) is 4.57. The van der Waals surface area contributed by atoms with Crippen LogP contribution in [-0.4, -0.2) is 30.1 Å². The minimum absolute atomic E-state index is 0.0480. The van der Waals surface area contributed by atoms with Gasteiger partial charge in [0.2, 0.25) is 0 Å². The lowest BCUT2D eigenvalue weighted by Crippen LogP contribution is -2.40. The molecule has 0 bridgehead atoms. The lowest BCUT2D eigenvalue weighted by atomic mass is 9.91. The molecule has 0 aliphatic heterocycles. The van der Waals surface area contributed by atoms with Gasteiger partial charge in [0.1, 0.15) is 5.75 Å². The van der Waals surface area contributed by atoms with E-state index in [9.17, 15) is 4.79 Å². The second-order valence-corrected chi connectivity index (χ2v) is 6.27. The molecule has 5 nitrogen and oxygen atoms in total. The maximum absolute atomic E-state index is 12.6. The van der Waals surface area contributed by atoms with Gasteiger partial charge in [0.25, 0.3) is 5.91 Å². The number of ether oxygens (including phenoxy) is 1. The summed E-state index contributed by atoms with van der Waals surface area (Å²) in [6, 6.07) is 8.09. The number of aryl methyl sites for hydroxylation is 1. The molecule has 1 amide bonds. The van der Waals surface area contributed by atoms with E-state index in [1.54, 1.807) is 7.11 Å². The Morgan fingerprint density at radius 1 is 1.26 bits per heavy atom. The van der Waals surface area contributed by atoms with Crippen LogP contribution < -0.4 is 15.8 Å². The molecule has 122 valence electrons. The lowest BCUT2D eigenvalue weighted by Gasteiger charge is -2.27. The Balaban J connectivity index is 1.81. The Bertz CT molecular complexity index is 722. The molecule has 1 heterocycles. The molecule has 0 atom stereocenters. The van der Waals surface area contributed by atoms with E-state index in [1.165, 1.54) is 0 Å². The Labute approximate surface area is 136 Å². The molecule has 0 unspecified atom stereocenters. The van der Waals surface area contributed by atoms with Gasteiger partial charge >= 0.3 is 0 Å². The van der Waals surface area contributed by atoms with Gasteiger partial charge in [0.05, 0.1) is 23.9 Å². The second-order valence-electron chi connectivity index (χ2n) is 6.27. The summed E-state index contributed by atoms with van der Waals surface area (Å²) in [6.45, 7) is 1.87. The van der Waals surface area contributed by atoms with Crippen LogP contribution in [0.5, 0.6) is 5.75 Å². The maximum atomic E-state index is 12.6. The van der Waals surface area contributed by atoms with Crippen molar-refractivity contribution in [3.05, 3.63) is 35.5 Å². The third kappa shape index (κ3) is 3.45. The molecular weight excluding hydrogens is 290 g/mol. The van der Waals surface area contributed by atoms with Crippen molar-refractivity contribution in [3.8, 4) is 5.75 Å². The highest BCUT2D eigenvalue weighted by Gasteiger charge is 2.21. The molecule has 2 aromatic rings. The molecule has 0 radical (unpaired) electrons. The van der Waals surface area contributed by atoms with Crippen molar-refractivity contribution in [2.75, 3.05) is 7.11 Å². The number of hydrogen-bond donors (Lipinski definition) is 2. The fraction of sp³-hybridized carbons (Fsp3) is 0.444. The number of methoxy groups -OCH3 is 1. The third-order valence-electron chi connectivity index (χ3n) is 4.57. The van der Waals surface area contributed by atoms with Gasteiger partial charge in [-0.05, 0) is 50.8 Å². The van der Waals surface area contributed by atoms with E-state index in [-0.39, 0.29) is 18.0 Å². The van der Waals surface area contributed by atoms with Gasteiger partial charge in [0, 0.05) is 23.5 Å². The Morgan fingerprint density at radius 2 is 2.00 bits per heavy atom. The summed E-state index contributed by atoms with van der Waals surface area (Å²) in [5.41, 5.74) is 8.12. The highest BCUT2D eigenvalue weighted by molar-refractivity contribution is 5.98. The fourth-order valence-corrected chi connectivity index (χ4v) is 3.13. The van der Waals surface area contributed by atoms with E-state index < -0.39 is 0 Å². The topological polar surface area (TPSA) is 77.2 Å². The monoisotopic (exact) mass is 313 g/mol. The van der Waals surface area contributed by atoms with Gasteiger partial charge in [-0.3, -0.25) is 9.78 Å². The number of pyridine rings is 1. The summed E-state index contributed by atoms with van der Waals surface area (Å²) in [7, 11) is 1.63. The second kappa shape index (κ2) is 6.54. The van der Waals surface area contributed by atoms with Crippen molar-refractivity contribution in [2.45, 2.75) is 44.7 Å². The number of nitrogens with one attached hydrogen (secondary N) is 1. The first kappa shape index (κ1) is 15.7. The molecule has 1 aromatic carbocycles. The van der Waals surface area contributed by atoms with Crippen LogP contribution in [0.15, 0.2) is 24.3 Å². The highest BCUT2D eigenvalue weighted by Crippen LogP contribution is 2.22. The first-order valence-electron chi connectivity index (χ1n) is 8.08. The van der Waals surface area contributed by atoms with Gasteiger partial charge in [-0.2, -0.15) is 0 Å². The van der Waals surface area contributed by atoms with Gasteiger partial charge in [-0.25, -0.2) is 0 Å². The highest BCUT2D eigenvalue weighted by atomic mass is 16.5. The summed E-state index contributed by atoms with van der Waals surface area (Å²) >= 11 is 0. The standard InChI is InChI=1S/C18H23N3O2/c1-11-16(18(22)21-14-6-4-13(19)5-7-14)9-12-3-8-15(23-2)10-17(12)20-11/h3,8-10,13-14H,4-7,19H2,1-2H3,(H,21,22). The Morgan fingerprint density at radius 3 is 2.70 bits per heavy atom. The van der Waals surface area contributed by atoms with Gasteiger partial charge in [-0.15, -0.1) is 0 Å². The number of benzene rings is 1. The van der Waals surface area contributed by atoms with Crippen LogP contribution in [0.2, 0.25) is 0 Å². The van der Waals surface area contributed by atoms with Crippen LogP contribution in [-0.2, 0) is 0 Å². The first-order chi connectivity index (χ1) is 11.1. The van der Waals surface area contributed by atoms with Crippen LogP contribution >= 0.6 is 0 Å². The van der Waals surface area contributed by atoms with Crippen molar-refractivity contribution >= 4 is 16.8 Å². The maximum Gasteiger partial charge on any atom is 0.253 e. The number of fused-ring (bicyclic) bond motifs is 1. The van der Waals surface area contributed by atoms with Crippen LogP contribution in [0.4, 0.5) is 0 Å². The first-order valence-corrected chi connectivity index (χ1v) is 8.08. The molecule has 0 spiro atoms. The minimum atomic E-state index is -0.0480. The number of carbonyl (C=O) groups excluding carboxylic acids is 1. The number of nitrogens with zero attached hydrogens (tertiary/aromatic N) is 1. The van der Waals surface area contributed by atoms with E-state index in [2.05, 4.69) is 10.3 Å². The molecule has 0 saturated heterocycles. The molecule has 1 fully saturated rings. The summed E-state index contributed by atoms with van der Waals surface area (Å²) in [4.78, 5) is 17.1. The number of hydrogen-bond acceptors (Lipinski definition) is 4. The van der Waals surface area contributed by atoms with E-state index in [1.807, 2.05) is 31.2 Å². The molecule has 1 aromatic heterocycles. The number of amides is 1. The predicted octanol–water partition coefficient (Wildman–Crippen LogP) is 2.55. The zero-order valence-electron chi connectivity index (χ0n) is 13.6. The van der Waals surface area contributed by atoms with E-state index in [4.69, 9.17) is 10.5 Å². The largest absolute Gasteiger partial charge is 0.497 e. The van der Waals surface area contributed by atoms with Crippen molar-refractivity contribution in [1.29, 1.82) is 0 Å². The van der Waals surface area contributed by atoms with Crippen molar-refractivity contribution in [3.63, 3.8) is 0 Å². The Kier molecular flexibility index (Phi) is 4.48. The molecule has 3 rings (SSSR count). The molecule has 1 aliphatic carbocycles. The average molecular weight is 313 g/mol. The summed E-state index contributed by atoms with van der Waals surface area (Å²) in [5, 5.41) is 4.06. The van der Waals surface area contributed by atoms with Gasteiger partial charge in [0.15, 0.2) is 0 Å². The number of carbonyl (C=O) groups is 1. The van der Waals surface area contributed by atoms with Crippen molar-refractivity contribution < 1.29 is 9.53 Å². The van der Waals surface area contributed by atoms with Crippen LogP contribution in [0.1, 0.15) is 41.7 Å². The number of rotatable bonds is 3. The molecule has 1 aliphatic rings. The van der Waals surface area contributed by atoms with Gasteiger partial charge < -0.3 is 15.8 Å². The molecule has 1 saturated carbocycles. The summed E-state index contributed by atoms with van der Waals surface area (Å²) < 4.78 is 5.22. The number of nitrogens with two attached hydrogens (primary N) is 1. The Hall–Kier alpha value is -2.14. The quantitative estimate of drug-likeness (QED) is 0.913. The zero-order chi connectivity index (χ0) is 16.4. The van der Waals surface area contributed by atoms with E-state index in [0.717, 1.165) is 48.0 Å². The van der Waals surface area contributed by atoms with E-state index >= 15 is 0 Å². The van der Waals surface area contributed by atoms with Crippen molar-refractivity contribution in [2.24, 2.45) is 5.73 Å². The minimum Gasteiger partial charge on any atom is -0.497 e. The lowest BCUT2D eigenvalue weighted by molar-refractivity contribution is 0.0925. The normalized spacial score (nSPS) is 21.2. The summed E-state index contributed by atoms with van der Waals surface area (Å²) in [6.07, 6.45) is 3.84. The SMILES string of the molecule is COc1ccc2cc(C(=O)NC3CCC(N)CC3)c(C)nc2c1.